The van der Waals surface area contributed by atoms with Crippen LogP contribution in [0.5, 0.6) is 0 Å². The first-order valence-corrected chi connectivity index (χ1v) is 4.06. The first kappa shape index (κ1) is 9.07. The highest BCUT2D eigenvalue weighted by Gasteiger charge is 2.03. The van der Waals surface area contributed by atoms with Crippen molar-refractivity contribution in [1.82, 2.24) is 5.32 Å². The Hall–Kier alpha value is -1.02. The molecule has 3 heteroatoms. The van der Waals surface area contributed by atoms with Crippen molar-refractivity contribution in [2.24, 2.45) is 0 Å². The SMILES string of the molecule is CNC(=O)Cc1ccccc1Cl. The van der Waals surface area contributed by atoms with Crippen molar-refractivity contribution in [1.29, 1.82) is 0 Å². The van der Waals surface area contributed by atoms with E-state index in [1.165, 1.54) is 0 Å². The van der Waals surface area contributed by atoms with Crippen molar-refractivity contribution in [3.63, 3.8) is 0 Å². The molecule has 1 aromatic carbocycles. The highest BCUT2D eigenvalue weighted by molar-refractivity contribution is 6.31. The van der Waals surface area contributed by atoms with Gasteiger partial charge in [0.15, 0.2) is 0 Å². The maximum Gasteiger partial charge on any atom is 0.224 e. The molecule has 0 aromatic heterocycles. The maximum atomic E-state index is 11.0. The van der Waals surface area contributed by atoms with Crippen LogP contribution in [0.4, 0.5) is 0 Å². The standard InChI is InChI=1S/C9H10ClNO/c1-11-9(12)6-7-4-2-3-5-8(7)10/h2-5H,6H2,1H3,(H,11,12). The van der Waals surface area contributed by atoms with E-state index in [2.05, 4.69) is 5.32 Å². The fourth-order valence-electron chi connectivity index (χ4n) is 0.903. The number of benzene rings is 1. The Balaban J connectivity index is 2.75. The zero-order valence-electron chi connectivity index (χ0n) is 6.80. The molecule has 2 nitrogen and oxygen atoms in total. The van der Waals surface area contributed by atoms with E-state index in [1.807, 2.05) is 18.2 Å². The molecule has 64 valence electrons. The van der Waals surface area contributed by atoms with Gasteiger partial charge >= 0.3 is 0 Å². The molecule has 1 aromatic rings. The minimum Gasteiger partial charge on any atom is -0.359 e. The number of nitrogens with one attached hydrogen (secondary N) is 1. The van der Waals surface area contributed by atoms with Gasteiger partial charge in [0.05, 0.1) is 6.42 Å². The van der Waals surface area contributed by atoms with Crippen molar-refractivity contribution in [3.05, 3.63) is 34.9 Å². The Morgan fingerprint density at radius 3 is 2.75 bits per heavy atom. The summed E-state index contributed by atoms with van der Waals surface area (Å²) in [7, 11) is 1.61. The van der Waals surface area contributed by atoms with Gasteiger partial charge in [-0.3, -0.25) is 4.79 Å². The summed E-state index contributed by atoms with van der Waals surface area (Å²) in [5, 5.41) is 3.18. The Kier molecular flexibility index (Phi) is 3.11. The predicted octanol–water partition coefficient (Wildman–Crippen LogP) is 1.63. The highest BCUT2D eigenvalue weighted by Crippen LogP contribution is 2.14. The number of halogens is 1. The quantitative estimate of drug-likeness (QED) is 0.742. The van der Waals surface area contributed by atoms with Crippen LogP contribution in [-0.2, 0) is 11.2 Å². The van der Waals surface area contributed by atoms with Crippen LogP contribution in [0, 0.1) is 0 Å². The lowest BCUT2D eigenvalue weighted by atomic mass is 10.1. The second kappa shape index (κ2) is 4.12. The van der Waals surface area contributed by atoms with Gasteiger partial charge in [-0.15, -0.1) is 0 Å². The maximum absolute atomic E-state index is 11.0. The third kappa shape index (κ3) is 2.24. The molecule has 12 heavy (non-hydrogen) atoms. The van der Waals surface area contributed by atoms with Gasteiger partial charge in [-0.25, -0.2) is 0 Å². The second-order valence-electron chi connectivity index (χ2n) is 2.44. The monoisotopic (exact) mass is 183 g/mol. The number of amides is 1. The molecule has 0 atom stereocenters. The molecule has 0 radical (unpaired) electrons. The van der Waals surface area contributed by atoms with Gasteiger partial charge in [-0.2, -0.15) is 0 Å². The number of likely N-dealkylation sites (N-methyl/N-ethyl adjacent to an activating group) is 1. The lowest BCUT2D eigenvalue weighted by Gasteiger charge is -2.01. The first-order chi connectivity index (χ1) is 5.74. The molecule has 1 rings (SSSR count). The fourth-order valence-corrected chi connectivity index (χ4v) is 1.11. The average Bonchev–Trinajstić information content (AvgIpc) is 2.09. The molecule has 0 aliphatic heterocycles. The van der Waals surface area contributed by atoms with Crippen LogP contribution in [0.15, 0.2) is 24.3 Å². The number of carbonyl (C=O) groups excluding carboxylic acids is 1. The Labute approximate surface area is 76.5 Å². The number of rotatable bonds is 2. The van der Waals surface area contributed by atoms with Crippen LogP contribution in [0.1, 0.15) is 5.56 Å². The highest BCUT2D eigenvalue weighted by atomic mass is 35.5. The van der Waals surface area contributed by atoms with Crippen LogP contribution >= 0.6 is 11.6 Å². The largest absolute Gasteiger partial charge is 0.359 e. The summed E-state index contributed by atoms with van der Waals surface area (Å²) in [5.41, 5.74) is 0.860. The van der Waals surface area contributed by atoms with E-state index in [0.717, 1.165) is 5.56 Å². The van der Waals surface area contributed by atoms with Gasteiger partial charge in [0.1, 0.15) is 0 Å². The van der Waals surface area contributed by atoms with Crippen LogP contribution in [0.25, 0.3) is 0 Å². The van der Waals surface area contributed by atoms with Crippen molar-refractivity contribution in [2.45, 2.75) is 6.42 Å². The van der Waals surface area contributed by atoms with Gasteiger partial charge in [-0.1, -0.05) is 29.8 Å². The number of hydrogen-bond donors (Lipinski definition) is 1. The summed E-state index contributed by atoms with van der Waals surface area (Å²) in [6.07, 6.45) is 0.343. The van der Waals surface area contributed by atoms with Crippen molar-refractivity contribution in [3.8, 4) is 0 Å². The third-order valence-electron chi connectivity index (χ3n) is 1.59. The Morgan fingerprint density at radius 1 is 1.50 bits per heavy atom. The predicted molar refractivity (Wildman–Crippen MR) is 49.2 cm³/mol. The molecule has 0 bridgehead atoms. The van der Waals surface area contributed by atoms with Crippen LogP contribution in [0.2, 0.25) is 5.02 Å². The van der Waals surface area contributed by atoms with Gasteiger partial charge < -0.3 is 5.32 Å². The smallest absolute Gasteiger partial charge is 0.224 e. The van der Waals surface area contributed by atoms with Crippen molar-refractivity contribution >= 4 is 17.5 Å². The zero-order chi connectivity index (χ0) is 8.97. The molecule has 0 saturated heterocycles. The molecule has 1 N–H and O–H groups in total. The minimum absolute atomic E-state index is 0.0249. The first-order valence-electron chi connectivity index (χ1n) is 3.68. The summed E-state index contributed by atoms with van der Waals surface area (Å²) < 4.78 is 0. The van der Waals surface area contributed by atoms with Crippen LogP contribution in [0.3, 0.4) is 0 Å². The summed E-state index contributed by atoms with van der Waals surface area (Å²) in [6, 6.07) is 7.33. The summed E-state index contributed by atoms with van der Waals surface area (Å²) in [6.45, 7) is 0. The van der Waals surface area contributed by atoms with E-state index < -0.39 is 0 Å². The topological polar surface area (TPSA) is 29.1 Å². The Morgan fingerprint density at radius 2 is 2.17 bits per heavy atom. The number of carbonyl (C=O) groups is 1. The molecule has 0 fully saturated rings. The Bertz CT molecular complexity index is 286. The fraction of sp³-hybridized carbons (Fsp3) is 0.222. The third-order valence-corrected chi connectivity index (χ3v) is 1.96. The van der Waals surface area contributed by atoms with E-state index >= 15 is 0 Å². The molecule has 0 unspecified atom stereocenters. The summed E-state index contributed by atoms with van der Waals surface area (Å²) in [5.74, 6) is -0.0249. The molecular weight excluding hydrogens is 174 g/mol. The molecule has 0 aliphatic rings. The van der Waals surface area contributed by atoms with Gasteiger partial charge in [0, 0.05) is 12.1 Å². The van der Waals surface area contributed by atoms with Gasteiger partial charge in [0.2, 0.25) is 5.91 Å². The van der Waals surface area contributed by atoms with E-state index in [4.69, 9.17) is 11.6 Å². The van der Waals surface area contributed by atoms with Crippen molar-refractivity contribution in [2.75, 3.05) is 7.05 Å². The molecule has 0 spiro atoms. The molecule has 0 heterocycles. The van der Waals surface area contributed by atoms with Gasteiger partial charge in [-0.05, 0) is 11.6 Å². The molecule has 0 aliphatic carbocycles. The lowest BCUT2D eigenvalue weighted by Crippen LogP contribution is -2.19. The van der Waals surface area contributed by atoms with Gasteiger partial charge in [0.25, 0.3) is 0 Å². The minimum atomic E-state index is -0.0249. The van der Waals surface area contributed by atoms with Crippen molar-refractivity contribution < 1.29 is 4.79 Å². The summed E-state index contributed by atoms with van der Waals surface area (Å²) >= 11 is 5.85. The second-order valence-corrected chi connectivity index (χ2v) is 2.85. The zero-order valence-corrected chi connectivity index (χ0v) is 7.56. The lowest BCUT2D eigenvalue weighted by molar-refractivity contribution is -0.119. The summed E-state index contributed by atoms with van der Waals surface area (Å²) in [4.78, 5) is 11.0. The van der Waals surface area contributed by atoms with E-state index in [1.54, 1.807) is 13.1 Å². The average molecular weight is 184 g/mol. The van der Waals surface area contributed by atoms with Crippen LogP contribution < -0.4 is 5.32 Å². The normalized spacial score (nSPS) is 9.50. The molecule has 1 amide bonds. The number of hydrogen-bond acceptors (Lipinski definition) is 1. The van der Waals surface area contributed by atoms with E-state index in [9.17, 15) is 4.79 Å². The van der Waals surface area contributed by atoms with E-state index in [0.29, 0.717) is 11.4 Å². The molecule has 0 saturated carbocycles. The van der Waals surface area contributed by atoms with E-state index in [-0.39, 0.29) is 5.91 Å². The van der Waals surface area contributed by atoms with Crippen LogP contribution in [-0.4, -0.2) is 13.0 Å². The molecular formula is C9H10ClNO.